The lowest BCUT2D eigenvalue weighted by Crippen LogP contribution is -2.59. The maximum absolute atomic E-state index is 4.50. The molecule has 0 bridgehead atoms. The van der Waals surface area contributed by atoms with Crippen LogP contribution in [0.5, 0.6) is 0 Å². The van der Waals surface area contributed by atoms with Crippen LogP contribution in [-0.4, -0.2) is 41.1 Å². The molecule has 1 aliphatic rings. The Hall–Kier alpha value is -0.450. The zero-order valence-corrected chi connectivity index (χ0v) is 14.0. The molecular weight excluding hydrogens is 266 g/mol. The molecule has 1 aromatic rings. The average Bonchev–Trinajstić information content (AvgIpc) is 3.15. The molecule has 2 unspecified atom stereocenters. The maximum atomic E-state index is 4.50. The highest BCUT2D eigenvalue weighted by molar-refractivity contribution is 7.09. The zero-order chi connectivity index (χ0) is 14.4. The fourth-order valence-electron chi connectivity index (χ4n) is 3.28. The standard InChI is InChI=1S/C16H29N3S/c1-4-8-17-14(13-15-18-9-12-20-15)16(3,5-2)19-10-6-7-11-19/h9,12,14,17H,4-8,10-11,13H2,1-3H3. The largest absolute Gasteiger partial charge is 0.312 e. The number of hydrogen-bond acceptors (Lipinski definition) is 4. The lowest BCUT2D eigenvalue weighted by Gasteiger charge is -2.45. The maximum Gasteiger partial charge on any atom is 0.0941 e. The molecule has 1 aliphatic heterocycles. The van der Waals surface area contributed by atoms with Gasteiger partial charge < -0.3 is 5.32 Å². The Morgan fingerprint density at radius 3 is 2.70 bits per heavy atom. The fraction of sp³-hybridized carbons (Fsp3) is 0.812. The van der Waals surface area contributed by atoms with Crippen molar-refractivity contribution in [1.29, 1.82) is 0 Å². The van der Waals surface area contributed by atoms with Crippen LogP contribution in [0.2, 0.25) is 0 Å². The molecule has 1 saturated heterocycles. The van der Waals surface area contributed by atoms with Crippen molar-refractivity contribution in [1.82, 2.24) is 15.2 Å². The lowest BCUT2D eigenvalue weighted by molar-refractivity contribution is 0.0840. The SMILES string of the molecule is CCCNC(Cc1nccs1)C(C)(CC)N1CCCC1. The minimum Gasteiger partial charge on any atom is -0.312 e. The zero-order valence-electron chi connectivity index (χ0n) is 13.2. The molecular formula is C16H29N3S. The minimum atomic E-state index is 0.247. The van der Waals surface area contributed by atoms with E-state index in [4.69, 9.17) is 0 Å². The predicted molar refractivity (Wildman–Crippen MR) is 87.4 cm³/mol. The number of aromatic nitrogens is 1. The van der Waals surface area contributed by atoms with Gasteiger partial charge in [0.1, 0.15) is 0 Å². The summed E-state index contributed by atoms with van der Waals surface area (Å²) >= 11 is 1.78. The summed E-state index contributed by atoms with van der Waals surface area (Å²) < 4.78 is 0. The molecule has 0 aliphatic carbocycles. The van der Waals surface area contributed by atoms with Crippen LogP contribution in [0.3, 0.4) is 0 Å². The van der Waals surface area contributed by atoms with Gasteiger partial charge in [0, 0.05) is 29.6 Å². The van der Waals surface area contributed by atoms with Gasteiger partial charge in [0.15, 0.2) is 0 Å². The molecule has 2 heterocycles. The monoisotopic (exact) mass is 295 g/mol. The van der Waals surface area contributed by atoms with Crippen molar-refractivity contribution in [2.45, 2.75) is 64.5 Å². The van der Waals surface area contributed by atoms with Crippen molar-refractivity contribution < 1.29 is 0 Å². The summed E-state index contributed by atoms with van der Waals surface area (Å²) in [6.45, 7) is 10.6. The van der Waals surface area contributed by atoms with E-state index in [9.17, 15) is 0 Å². The van der Waals surface area contributed by atoms with Crippen LogP contribution < -0.4 is 5.32 Å². The molecule has 0 amide bonds. The van der Waals surface area contributed by atoms with Crippen molar-refractivity contribution >= 4 is 11.3 Å². The number of rotatable bonds is 8. The second-order valence-electron chi connectivity index (χ2n) is 6.04. The molecule has 1 fully saturated rings. The van der Waals surface area contributed by atoms with Crippen LogP contribution in [0.1, 0.15) is 51.5 Å². The minimum absolute atomic E-state index is 0.247. The number of nitrogens with zero attached hydrogens (tertiary/aromatic N) is 2. The first-order valence-electron chi connectivity index (χ1n) is 8.07. The predicted octanol–water partition coefficient (Wildman–Crippen LogP) is 3.32. The average molecular weight is 295 g/mol. The third kappa shape index (κ3) is 3.60. The second kappa shape index (κ2) is 7.53. The number of likely N-dealkylation sites (tertiary alicyclic amines) is 1. The highest BCUT2D eigenvalue weighted by atomic mass is 32.1. The highest BCUT2D eigenvalue weighted by Gasteiger charge is 2.39. The third-order valence-corrected chi connectivity index (χ3v) is 5.60. The van der Waals surface area contributed by atoms with Crippen molar-refractivity contribution in [3.63, 3.8) is 0 Å². The van der Waals surface area contributed by atoms with Gasteiger partial charge in [0.25, 0.3) is 0 Å². The number of thiazole rings is 1. The molecule has 1 N–H and O–H groups in total. The summed E-state index contributed by atoms with van der Waals surface area (Å²) in [4.78, 5) is 7.20. The highest BCUT2D eigenvalue weighted by Crippen LogP contribution is 2.30. The summed E-state index contributed by atoms with van der Waals surface area (Å²) in [5, 5.41) is 7.15. The van der Waals surface area contributed by atoms with Crippen LogP contribution in [-0.2, 0) is 6.42 Å². The van der Waals surface area contributed by atoms with Crippen molar-refractivity contribution in [2.24, 2.45) is 0 Å². The van der Waals surface area contributed by atoms with Gasteiger partial charge in [0.05, 0.1) is 5.01 Å². The summed E-state index contributed by atoms with van der Waals surface area (Å²) in [5.74, 6) is 0. The normalized spacial score (nSPS) is 20.9. The Bertz CT molecular complexity index is 373. The van der Waals surface area contributed by atoms with E-state index < -0.39 is 0 Å². The molecule has 114 valence electrons. The van der Waals surface area contributed by atoms with E-state index in [1.807, 2.05) is 6.20 Å². The third-order valence-electron chi connectivity index (χ3n) is 4.80. The molecule has 20 heavy (non-hydrogen) atoms. The summed E-state index contributed by atoms with van der Waals surface area (Å²) in [7, 11) is 0. The Balaban J connectivity index is 2.13. The Morgan fingerprint density at radius 2 is 2.15 bits per heavy atom. The molecule has 0 aromatic carbocycles. The van der Waals surface area contributed by atoms with Crippen molar-refractivity contribution in [3.05, 3.63) is 16.6 Å². The van der Waals surface area contributed by atoms with Crippen LogP contribution in [0.4, 0.5) is 0 Å². The number of hydrogen-bond donors (Lipinski definition) is 1. The molecule has 2 atom stereocenters. The smallest absolute Gasteiger partial charge is 0.0941 e. The van der Waals surface area contributed by atoms with E-state index in [0.29, 0.717) is 6.04 Å². The van der Waals surface area contributed by atoms with Crippen LogP contribution in [0.25, 0.3) is 0 Å². The van der Waals surface area contributed by atoms with Gasteiger partial charge >= 0.3 is 0 Å². The van der Waals surface area contributed by atoms with Crippen molar-refractivity contribution in [2.75, 3.05) is 19.6 Å². The van der Waals surface area contributed by atoms with Gasteiger partial charge in [-0.1, -0.05) is 13.8 Å². The van der Waals surface area contributed by atoms with E-state index in [-0.39, 0.29) is 5.54 Å². The van der Waals surface area contributed by atoms with Crippen LogP contribution in [0, 0.1) is 0 Å². The number of nitrogens with one attached hydrogen (secondary N) is 1. The van der Waals surface area contributed by atoms with E-state index >= 15 is 0 Å². The first-order chi connectivity index (χ1) is 9.70. The van der Waals surface area contributed by atoms with Gasteiger partial charge in [-0.05, 0) is 52.2 Å². The molecule has 3 nitrogen and oxygen atoms in total. The molecule has 1 aromatic heterocycles. The van der Waals surface area contributed by atoms with Gasteiger partial charge in [-0.3, -0.25) is 4.90 Å². The van der Waals surface area contributed by atoms with E-state index in [0.717, 1.165) is 13.0 Å². The molecule has 0 radical (unpaired) electrons. The van der Waals surface area contributed by atoms with Crippen molar-refractivity contribution in [3.8, 4) is 0 Å². The second-order valence-corrected chi connectivity index (χ2v) is 7.02. The fourth-order valence-corrected chi connectivity index (χ4v) is 3.94. The van der Waals surface area contributed by atoms with Gasteiger partial charge in [-0.2, -0.15) is 0 Å². The van der Waals surface area contributed by atoms with Crippen LogP contribution >= 0.6 is 11.3 Å². The molecule has 0 saturated carbocycles. The Kier molecular flexibility index (Phi) is 6.00. The van der Waals surface area contributed by atoms with E-state index in [1.165, 1.54) is 43.8 Å². The quantitative estimate of drug-likeness (QED) is 0.797. The Morgan fingerprint density at radius 1 is 1.40 bits per heavy atom. The molecule has 0 spiro atoms. The van der Waals surface area contributed by atoms with Gasteiger partial charge in [-0.15, -0.1) is 11.3 Å². The summed E-state index contributed by atoms with van der Waals surface area (Å²) in [6, 6.07) is 0.497. The Labute approximate surface area is 127 Å². The first-order valence-corrected chi connectivity index (χ1v) is 8.95. The van der Waals surface area contributed by atoms with Gasteiger partial charge in [0.2, 0.25) is 0 Å². The summed E-state index contributed by atoms with van der Waals surface area (Å²) in [5.41, 5.74) is 0.247. The first kappa shape index (κ1) is 15.9. The molecule has 2 rings (SSSR count). The van der Waals surface area contributed by atoms with Crippen LogP contribution in [0.15, 0.2) is 11.6 Å². The topological polar surface area (TPSA) is 28.2 Å². The van der Waals surface area contributed by atoms with Gasteiger partial charge in [-0.25, -0.2) is 4.98 Å². The van der Waals surface area contributed by atoms with E-state index in [2.05, 4.69) is 41.4 Å². The summed E-state index contributed by atoms with van der Waals surface area (Å²) in [6.07, 6.45) is 8.07. The molecule has 4 heteroatoms. The lowest BCUT2D eigenvalue weighted by atomic mass is 9.85. The van der Waals surface area contributed by atoms with E-state index in [1.54, 1.807) is 11.3 Å².